The van der Waals surface area contributed by atoms with E-state index in [-0.39, 0.29) is 5.91 Å². The quantitative estimate of drug-likeness (QED) is 0.800. The molecule has 8 heteroatoms. The highest BCUT2D eigenvalue weighted by Crippen LogP contribution is 2.25. The van der Waals surface area contributed by atoms with Gasteiger partial charge in [0.1, 0.15) is 12.7 Å². The molecule has 2 aromatic rings. The van der Waals surface area contributed by atoms with Gasteiger partial charge in [-0.3, -0.25) is 19.3 Å². The monoisotopic (exact) mass is 348 g/mol. The van der Waals surface area contributed by atoms with E-state index < -0.39 is 0 Å². The van der Waals surface area contributed by atoms with Crippen LogP contribution in [0.1, 0.15) is 38.8 Å². The van der Waals surface area contributed by atoms with Gasteiger partial charge in [-0.05, 0) is 26.3 Å². The predicted octanol–water partition coefficient (Wildman–Crippen LogP) is 2.16. The molecule has 0 N–H and O–H groups in total. The van der Waals surface area contributed by atoms with Crippen molar-refractivity contribution in [2.24, 2.45) is 0 Å². The maximum atomic E-state index is 11.7. The summed E-state index contributed by atoms with van der Waals surface area (Å²) in [5, 5.41) is 7.10. The average molecular weight is 348 g/mol. The van der Waals surface area contributed by atoms with Gasteiger partial charge in [-0.2, -0.15) is 5.10 Å². The molecule has 0 aromatic carbocycles. The summed E-state index contributed by atoms with van der Waals surface area (Å²) < 4.78 is 1.91. The van der Waals surface area contributed by atoms with Gasteiger partial charge >= 0.3 is 0 Å². The van der Waals surface area contributed by atoms with E-state index in [0.717, 1.165) is 30.5 Å². The summed E-state index contributed by atoms with van der Waals surface area (Å²) in [5.41, 5.74) is 1.04. The van der Waals surface area contributed by atoms with Gasteiger partial charge in [-0.1, -0.05) is 6.42 Å². The molecule has 1 atom stereocenters. The Hall–Kier alpha value is -1.80. The molecule has 7 nitrogen and oxygen atoms in total. The summed E-state index contributed by atoms with van der Waals surface area (Å²) in [6, 6.07) is 0.459. The molecule has 1 aliphatic rings. The Labute approximate surface area is 146 Å². The van der Waals surface area contributed by atoms with Crippen LogP contribution in [0, 0.1) is 0 Å². The van der Waals surface area contributed by atoms with Gasteiger partial charge in [-0.15, -0.1) is 11.3 Å². The Morgan fingerprint density at radius 2 is 2.33 bits per heavy atom. The van der Waals surface area contributed by atoms with Crippen molar-refractivity contribution in [2.75, 3.05) is 18.0 Å². The fourth-order valence-corrected chi connectivity index (χ4v) is 4.13. The zero-order valence-corrected chi connectivity index (χ0v) is 15.1. The Kier molecular flexibility index (Phi) is 5.57. The van der Waals surface area contributed by atoms with Crippen molar-refractivity contribution in [3.63, 3.8) is 0 Å². The zero-order chi connectivity index (χ0) is 16.9. The number of nitrogens with zero attached hydrogens (tertiary/aromatic N) is 6. The number of hydrogen-bond acceptors (Lipinski definition) is 6. The van der Waals surface area contributed by atoms with E-state index in [2.05, 4.69) is 25.3 Å². The number of carbonyl (C=O) groups is 1. The second-order valence-corrected chi connectivity index (χ2v) is 6.96. The largest absolute Gasteiger partial charge is 0.293 e. The first-order valence-corrected chi connectivity index (χ1v) is 9.34. The van der Waals surface area contributed by atoms with Gasteiger partial charge in [0.15, 0.2) is 5.13 Å². The van der Waals surface area contributed by atoms with Crippen LogP contribution in [0.4, 0.5) is 5.13 Å². The molecule has 3 rings (SSSR count). The Morgan fingerprint density at radius 1 is 1.46 bits per heavy atom. The lowest BCUT2D eigenvalue weighted by Crippen LogP contribution is -2.41. The number of aromatic nitrogens is 4. The van der Waals surface area contributed by atoms with E-state index in [1.165, 1.54) is 19.3 Å². The second kappa shape index (κ2) is 7.85. The van der Waals surface area contributed by atoms with Gasteiger partial charge < -0.3 is 0 Å². The van der Waals surface area contributed by atoms with Crippen molar-refractivity contribution < 1.29 is 4.79 Å². The van der Waals surface area contributed by atoms with Crippen LogP contribution in [0.3, 0.4) is 0 Å². The highest BCUT2D eigenvalue weighted by Gasteiger charge is 2.24. The molecular formula is C16H24N6OS. The van der Waals surface area contributed by atoms with Crippen LogP contribution in [-0.4, -0.2) is 49.7 Å². The molecule has 0 bridgehead atoms. The molecule has 2 aromatic heterocycles. The molecule has 1 amide bonds. The second-order valence-electron chi connectivity index (χ2n) is 6.12. The molecule has 0 unspecified atom stereocenters. The van der Waals surface area contributed by atoms with E-state index >= 15 is 0 Å². The first kappa shape index (κ1) is 17.0. The molecule has 1 fully saturated rings. The fourth-order valence-electron chi connectivity index (χ4n) is 3.21. The van der Waals surface area contributed by atoms with Crippen LogP contribution in [-0.2, 0) is 17.9 Å². The summed E-state index contributed by atoms with van der Waals surface area (Å²) in [7, 11) is 0. The van der Waals surface area contributed by atoms with Gasteiger partial charge in [0.05, 0.1) is 12.2 Å². The number of thiazole rings is 1. The highest BCUT2D eigenvalue weighted by molar-refractivity contribution is 7.14. The lowest BCUT2D eigenvalue weighted by Gasteiger charge is -2.35. The lowest BCUT2D eigenvalue weighted by atomic mass is 10.0. The lowest BCUT2D eigenvalue weighted by molar-refractivity contribution is -0.116. The van der Waals surface area contributed by atoms with Crippen molar-refractivity contribution in [1.29, 1.82) is 0 Å². The zero-order valence-electron chi connectivity index (χ0n) is 14.3. The maximum absolute atomic E-state index is 11.7. The normalized spacial score (nSPS) is 18.7. The van der Waals surface area contributed by atoms with Crippen LogP contribution in [0.5, 0.6) is 0 Å². The van der Waals surface area contributed by atoms with Crippen LogP contribution in [0.15, 0.2) is 18.0 Å². The van der Waals surface area contributed by atoms with Crippen LogP contribution in [0.2, 0.25) is 0 Å². The minimum absolute atomic E-state index is 0.0421. The third-order valence-electron chi connectivity index (χ3n) is 4.45. The first-order valence-electron chi connectivity index (χ1n) is 8.46. The first-order chi connectivity index (χ1) is 11.7. The number of hydrogen-bond donors (Lipinski definition) is 0. The SMILES string of the molecule is CCN(C(C)=O)c1nc(CN2CCCC[C@H]2Cn2cncn2)cs1. The molecule has 0 saturated carbocycles. The number of amides is 1. The van der Waals surface area contributed by atoms with Crippen molar-refractivity contribution >= 4 is 22.4 Å². The standard InChI is InChI=1S/C16H24N6OS/c1-3-22(13(2)23)16-19-14(10-24-16)8-20-7-5-4-6-15(20)9-21-12-17-11-18-21/h10-12,15H,3-9H2,1-2H3/t15-/m0/s1. The molecule has 1 aliphatic heterocycles. The summed E-state index contributed by atoms with van der Waals surface area (Å²) >= 11 is 1.55. The van der Waals surface area contributed by atoms with Crippen molar-refractivity contribution in [2.45, 2.75) is 52.2 Å². The smallest absolute Gasteiger partial charge is 0.225 e. The molecule has 1 saturated heterocycles. The number of likely N-dealkylation sites (tertiary alicyclic amines) is 1. The van der Waals surface area contributed by atoms with E-state index in [9.17, 15) is 4.79 Å². The Balaban J connectivity index is 1.67. The maximum Gasteiger partial charge on any atom is 0.225 e. The van der Waals surface area contributed by atoms with Gasteiger partial charge in [0, 0.05) is 31.4 Å². The third kappa shape index (κ3) is 3.99. The summed E-state index contributed by atoms with van der Waals surface area (Å²) in [6.45, 7) is 6.98. The van der Waals surface area contributed by atoms with Gasteiger partial charge in [0.25, 0.3) is 0 Å². The molecule has 0 radical (unpaired) electrons. The van der Waals surface area contributed by atoms with Gasteiger partial charge in [-0.25, -0.2) is 9.97 Å². The summed E-state index contributed by atoms with van der Waals surface area (Å²) in [6.07, 6.45) is 7.01. The number of piperidine rings is 1. The van der Waals surface area contributed by atoms with E-state index in [4.69, 9.17) is 0 Å². The Bertz CT molecular complexity index is 655. The molecule has 24 heavy (non-hydrogen) atoms. The number of anilines is 1. The molecule has 3 heterocycles. The third-order valence-corrected chi connectivity index (χ3v) is 5.36. The fraction of sp³-hybridized carbons (Fsp3) is 0.625. The number of rotatable bonds is 6. The van der Waals surface area contributed by atoms with E-state index in [1.54, 1.807) is 35.8 Å². The van der Waals surface area contributed by atoms with Crippen LogP contribution in [0.25, 0.3) is 0 Å². The van der Waals surface area contributed by atoms with Crippen LogP contribution < -0.4 is 4.90 Å². The van der Waals surface area contributed by atoms with E-state index in [1.807, 2.05) is 11.6 Å². The minimum Gasteiger partial charge on any atom is -0.293 e. The van der Waals surface area contributed by atoms with Crippen molar-refractivity contribution in [3.8, 4) is 0 Å². The summed E-state index contributed by atoms with van der Waals surface area (Å²) in [4.78, 5) is 24.6. The highest BCUT2D eigenvalue weighted by atomic mass is 32.1. The molecule has 0 spiro atoms. The molecule has 130 valence electrons. The minimum atomic E-state index is 0.0421. The number of carbonyl (C=O) groups excluding carboxylic acids is 1. The molecule has 0 aliphatic carbocycles. The van der Waals surface area contributed by atoms with Crippen molar-refractivity contribution in [3.05, 3.63) is 23.7 Å². The van der Waals surface area contributed by atoms with E-state index in [0.29, 0.717) is 12.6 Å². The average Bonchev–Trinajstić information content (AvgIpc) is 3.22. The topological polar surface area (TPSA) is 67.2 Å². The predicted molar refractivity (Wildman–Crippen MR) is 93.9 cm³/mol. The molecular weight excluding hydrogens is 324 g/mol. The van der Waals surface area contributed by atoms with Gasteiger partial charge in [0.2, 0.25) is 5.91 Å². The summed E-state index contributed by atoms with van der Waals surface area (Å²) in [5.74, 6) is 0.0421. The Morgan fingerprint density at radius 3 is 3.04 bits per heavy atom. The van der Waals surface area contributed by atoms with Crippen LogP contribution >= 0.6 is 11.3 Å². The van der Waals surface area contributed by atoms with Crippen molar-refractivity contribution in [1.82, 2.24) is 24.6 Å².